The number of hydrogen-bond donors (Lipinski definition) is 1. The Morgan fingerprint density at radius 1 is 1.00 bits per heavy atom. The number of hydrogen-bond acceptors (Lipinski definition) is 5. The molecule has 0 bridgehead atoms. The molecule has 0 saturated heterocycles. The summed E-state index contributed by atoms with van der Waals surface area (Å²) in [5.41, 5.74) is 1.01. The fourth-order valence-electron chi connectivity index (χ4n) is 3.94. The fourth-order valence-corrected chi connectivity index (χ4v) is 3.94. The summed E-state index contributed by atoms with van der Waals surface area (Å²) in [5.74, 6) is 0. The van der Waals surface area contributed by atoms with Crippen LogP contribution in [-0.2, 0) is 16.1 Å². The van der Waals surface area contributed by atoms with Gasteiger partial charge >= 0.3 is 6.09 Å². The molecule has 170 valence electrons. The summed E-state index contributed by atoms with van der Waals surface area (Å²) in [4.78, 5) is 16.3. The number of unbranched alkanes of at least 4 members (excludes halogenated alkanes) is 3. The van der Waals surface area contributed by atoms with Crippen molar-refractivity contribution >= 4 is 6.09 Å². The first-order chi connectivity index (χ1) is 14.6. The molecular formula is C24H40N2O4. The van der Waals surface area contributed by atoms with E-state index < -0.39 is 0 Å². The number of benzene rings is 1. The molecule has 6 heteroatoms. The number of amides is 1. The summed E-state index contributed by atoms with van der Waals surface area (Å²) >= 11 is 0. The molecular weight excluding hydrogens is 380 g/mol. The molecule has 0 radical (unpaired) electrons. The summed E-state index contributed by atoms with van der Waals surface area (Å²) in [7, 11) is 3.90. The van der Waals surface area contributed by atoms with Crippen LogP contribution in [0.2, 0.25) is 0 Å². The van der Waals surface area contributed by atoms with Crippen LogP contribution in [0.3, 0.4) is 0 Å². The largest absolute Gasteiger partial charge is 0.445 e. The first-order valence-electron chi connectivity index (χ1n) is 11.4. The van der Waals surface area contributed by atoms with E-state index >= 15 is 0 Å². The topological polar surface area (TPSA) is 62.2 Å². The maximum atomic E-state index is 12.3. The molecule has 1 aliphatic rings. The molecule has 1 amide bonds. The zero-order chi connectivity index (χ0) is 21.6. The number of aliphatic hydroxyl groups is 1. The molecule has 1 aromatic rings. The Bertz CT molecular complexity index is 576. The molecule has 0 aromatic heterocycles. The molecule has 0 atom stereocenters. The van der Waals surface area contributed by atoms with E-state index in [1.807, 2.05) is 37.4 Å². The van der Waals surface area contributed by atoms with Gasteiger partial charge in [0.05, 0.1) is 12.7 Å². The third kappa shape index (κ3) is 9.45. The standard InChI is InChI=1S/C24H40N2O4/c1-25(17-18-27)16-8-3-4-9-19-29-23-14-12-22(13-15-23)26(2)24(28)30-20-21-10-6-5-7-11-21/h5-7,10-11,22-23,27H,3-4,8-9,12-20H2,1-2H3/t22-,23-. The fraction of sp³-hybridized carbons (Fsp3) is 0.708. The van der Waals surface area contributed by atoms with Crippen LogP contribution in [0.25, 0.3) is 0 Å². The van der Waals surface area contributed by atoms with Gasteiger partial charge in [-0.25, -0.2) is 4.79 Å². The molecule has 0 unspecified atom stereocenters. The highest BCUT2D eigenvalue weighted by Crippen LogP contribution is 2.25. The van der Waals surface area contributed by atoms with Gasteiger partial charge in [0.25, 0.3) is 0 Å². The van der Waals surface area contributed by atoms with Gasteiger partial charge in [-0.05, 0) is 57.7 Å². The lowest BCUT2D eigenvalue weighted by molar-refractivity contribution is 0.00692. The SMILES string of the molecule is CN(CCO)CCCCCCO[C@H]1CC[C@H](N(C)C(=O)OCc2ccccc2)CC1. The molecule has 0 aliphatic heterocycles. The Morgan fingerprint density at radius 3 is 2.40 bits per heavy atom. The molecule has 1 aromatic carbocycles. The molecule has 30 heavy (non-hydrogen) atoms. The van der Waals surface area contributed by atoms with Gasteiger partial charge in [-0.1, -0.05) is 43.2 Å². The maximum Gasteiger partial charge on any atom is 0.410 e. The highest BCUT2D eigenvalue weighted by Gasteiger charge is 2.27. The van der Waals surface area contributed by atoms with Crippen molar-refractivity contribution in [2.45, 2.75) is 70.1 Å². The number of rotatable bonds is 13. The van der Waals surface area contributed by atoms with Gasteiger partial charge in [0.1, 0.15) is 6.61 Å². The van der Waals surface area contributed by atoms with Crippen molar-refractivity contribution in [2.24, 2.45) is 0 Å². The summed E-state index contributed by atoms with van der Waals surface area (Å²) in [5, 5.41) is 8.89. The van der Waals surface area contributed by atoms with Crippen LogP contribution in [0.5, 0.6) is 0 Å². The summed E-state index contributed by atoms with van der Waals surface area (Å²) in [6, 6.07) is 10.0. The second kappa shape index (κ2) is 14.4. The summed E-state index contributed by atoms with van der Waals surface area (Å²) in [6.45, 7) is 3.19. The van der Waals surface area contributed by atoms with Crippen LogP contribution in [-0.4, -0.2) is 73.5 Å². The Balaban J connectivity index is 1.51. The third-order valence-electron chi connectivity index (χ3n) is 5.95. The van der Waals surface area contributed by atoms with Crippen molar-refractivity contribution in [3.05, 3.63) is 35.9 Å². The number of likely N-dealkylation sites (N-methyl/N-ethyl adjacent to an activating group) is 1. The molecule has 6 nitrogen and oxygen atoms in total. The van der Waals surface area contributed by atoms with Gasteiger partial charge in [0.2, 0.25) is 0 Å². The lowest BCUT2D eigenvalue weighted by Crippen LogP contribution is -2.41. The maximum absolute atomic E-state index is 12.3. The first kappa shape index (κ1) is 24.6. The monoisotopic (exact) mass is 420 g/mol. The lowest BCUT2D eigenvalue weighted by atomic mass is 9.92. The molecule has 1 N–H and O–H groups in total. The lowest BCUT2D eigenvalue weighted by Gasteiger charge is -2.34. The number of carbonyl (C=O) groups is 1. The Labute approximate surface area is 182 Å². The van der Waals surface area contributed by atoms with Crippen LogP contribution in [0.15, 0.2) is 30.3 Å². The van der Waals surface area contributed by atoms with Gasteiger partial charge in [0, 0.05) is 26.2 Å². The van der Waals surface area contributed by atoms with E-state index in [9.17, 15) is 4.79 Å². The van der Waals surface area contributed by atoms with Crippen molar-refractivity contribution in [1.82, 2.24) is 9.80 Å². The van der Waals surface area contributed by atoms with Gasteiger partial charge in [-0.2, -0.15) is 0 Å². The van der Waals surface area contributed by atoms with Crippen molar-refractivity contribution in [1.29, 1.82) is 0 Å². The van der Waals surface area contributed by atoms with E-state index in [0.29, 0.717) is 12.7 Å². The molecule has 0 heterocycles. The van der Waals surface area contributed by atoms with Gasteiger partial charge in [-0.15, -0.1) is 0 Å². The zero-order valence-electron chi connectivity index (χ0n) is 18.8. The Kier molecular flexibility index (Phi) is 11.8. The quantitative estimate of drug-likeness (QED) is 0.488. The minimum Gasteiger partial charge on any atom is -0.445 e. The second-order valence-electron chi connectivity index (χ2n) is 8.39. The van der Waals surface area contributed by atoms with E-state index in [4.69, 9.17) is 14.6 Å². The highest BCUT2D eigenvalue weighted by atomic mass is 16.6. The molecule has 1 aliphatic carbocycles. The zero-order valence-corrected chi connectivity index (χ0v) is 18.8. The minimum atomic E-state index is -0.243. The predicted molar refractivity (Wildman–Crippen MR) is 119 cm³/mol. The van der Waals surface area contributed by atoms with Crippen LogP contribution < -0.4 is 0 Å². The van der Waals surface area contributed by atoms with E-state index in [0.717, 1.165) is 57.4 Å². The normalized spacial score (nSPS) is 19.1. The Morgan fingerprint density at radius 2 is 1.70 bits per heavy atom. The van der Waals surface area contributed by atoms with Crippen molar-refractivity contribution in [3.63, 3.8) is 0 Å². The second-order valence-corrected chi connectivity index (χ2v) is 8.39. The molecule has 2 rings (SSSR count). The first-order valence-corrected chi connectivity index (χ1v) is 11.4. The van der Waals surface area contributed by atoms with Gasteiger partial charge in [0.15, 0.2) is 0 Å². The summed E-state index contributed by atoms with van der Waals surface area (Å²) < 4.78 is 11.5. The Hall–Kier alpha value is -1.63. The predicted octanol–water partition coefficient (Wildman–Crippen LogP) is 4.07. The van der Waals surface area contributed by atoms with E-state index in [2.05, 4.69) is 11.9 Å². The molecule has 1 saturated carbocycles. The molecule has 0 spiro atoms. The highest BCUT2D eigenvalue weighted by molar-refractivity contribution is 5.67. The van der Waals surface area contributed by atoms with Gasteiger partial charge < -0.3 is 24.4 Å². The van der Waals surface area contributed by atoms with Crippen molar-refractivity contribution < 1.29 is 19.4 Å². The van der Waals surface area contributed by atoms with Crippen molar-refractivity contribution in [2.75, 3.05) is 40.4 Å². The van der Waals surface area contributed by atoms with Crippen molar-refractivity contribution in [3.8, 4) is 0 Å². The minimum absolute atomic E-state index is 0.233. The summed E-state index contributed by atoms with van der Waals surface area (Å²) in [6.07, 6.45) is 8.72. The van der Waals surface area contributed by atoms with E-state index in [1.165, 1.54) is 19.3 Å². The van der Waals surface area contributed by atoms with E-state index in [1.54, 1.807) is 4.90 Å². The third-order valence-corrected chi connectivity index (χ3v) is 5.95. The average molecular weight is 421 g/mol. The van der Waals surface area contributed by atoms with Crippen LogP contribution in [0.1, 0.15) is 56.9 Å². The number of carbonyl (C=O) groups excluding carboxylic acids is 1. The number of nitrogens with zero attached hydrogens (tertiary/aromatic N) is 2. The van der Waals surface area contributed by atoms with Crippen LogP contribution in [0.4, 0.5) is 4.79 Å². The average Bonchev–Trinajstić information content (AvgIpc) is 2.77. The number of ether oxygens (including phenoxy) is 2. The number of aliphatic hydroxyl groups excluding tert-OH is 1. The van der Waals surface area contributed by atoms with Crippen LogP contribution >= 0.6 is 0 Å². The smallest absolute Gasteiger partial charge is 0.410 e. The van der Waals surface area contributed by atoms with Gasteiger partial charge in [-0.3, -0.25) is 0 Å². The van der Waals surface area contributed by atoms with Crippen LogP contribution in [0, 0.1) is 0 Å². The van der Waals surface area contributed by atoms with E-state index in [-0.39, 0.29) is 18.7 Å². The molecule has 1 fully saturated rings.